The van der Waals surface area contributed by atoms with Crippen LogP contribution in [0.3, 0.4) is 0 Å². The highest BCUT2D eigenvalue weighted by Crippen LogP contribution is 2.06. The average Bonchev–Trinajstić information content (AvgIpc) is 2.14. The van der Waals surface area contributed by atoms with Crippen molar-refractivity contribution >= 4 is 5.97 Å². The highest BCUT2D eigenvalue weighted by Gasteiger charge is 2.20. The van der Waals surface area contributed by atoms with Crippen LogP contribution in [0.5, 0.6) is 0 Å². The highest BCUT2D eigenvalue weighted by molar-refractivity contribution is 5.72. The van der Waals surface area contributed by atoms with E-state index < -0.39 is 6.10 Å². The molecular formula is C10H21NO3. The van der Waals surface area contributed by atoms with E-state index in [2.05, 4.69) is 4.74 Å². The van der Waals surface area contributed by atoms with Crippen molar-refractivity contribution in [2.75, 3.05) is 20.7 Å². The lowest BCUT2D eigenvalue weighted by Crippen LogP contribution is -2.41. The van der Waals surface area contributed by atoms with E-state index in [0.717, 1.165) is 0 Å². The van der Waals surface area contributed by atoms with E-state index in [1.165, 1.54) is 7.11 Å². The normalized spacial score (nSPS) is 17.6. The molecule has 0 aromatic carbocycles. The predicted octanol–water partition coefficient (Wildman–Crippen LogP) is 0.497. The van der Waals surface area contributed by atoms with Crippen LogP contribution in [0, 0.1) is 5.92 Å². The maximum Gasteiger partial charge on any atom is 0.309 e. The van der Waals surface area contributed by atoms with E-state index >= 15 is 0 Å². The van der Waals surface area contributed by atoms with Crippen LogP contribution < -0.4 is 0 Å². The van der Waals surface area contributed by atoms with Crippen molar-refractivity contribution in [3.8, 4) is 0 Å². The maximum absolute atomic E-state index is 11.1. The monoisotopic (exact) mass is 203 g/mol. The summed E-state index contributed by atoms with van der Waals surface area (Å²) in [5, 5.41) is 9.34. The summed E-state index contributed by atoms with van der Waals surface area (Å²) < 4.78 is 4.62. The number of hydrogen-bond donors (Lipinski definition) is 1. The van der Waals surface area contributed by atoms with Crippen LogP contribution in [0.1, 0.15) is 20.8 Å². The zero-order valence-corrected chi connectivity index (χ0v) is 9.65. The molecule has 14 heavy (non-hydrogen) atoms. The van der Waals surface area contributed by atoms with Crippen LogP contribution >= 0.6 is 0 Å². The molecular weight excluding hydrogens is 182 g/mol. The summed E-state index contributed by atoms with van der Waals surface area (Å²) in [5.41, 5.74) is 0. The Kier molecular flexibility index (Phi) is 5.72. The number of nitrogens with zero attached hydrogens (tertiary/aromatic N) is 1. The van der Waals surface area contributed by atoms with Gasteiger partial charge in [0.15, 0.2) is 0 Å². The number of carbonyl (C=O) groups excluding carboxylic acids is 1. The number of methoxy groups -OCH3 is 1. The third-order valence-corrected chi connectivity index (χ3v) is 2.56. The predicted molar refractivity (Wildman–Crippen MR) is 55.0 cm³/mol. The molecule has 0 aliphatic rings. The van der Waals surface area contributed by atoms with Gasteiger partial charge in [-0.25, -0.2) is 0 Å². The molecule has 0 saturated carbocycles. The fourth-order valence-corrected chi connectivity index (χ4v) is 1.24. The Balaban J connectivity index is 4.05. The van der Waals surface area contributed by atoms with Gasteiger partial charge in [-0.2, -0.15) is 0 Å². The molecule has 0 saturated heterocycles. The molecule has 3 atom stereocenters. The zero-order valence-electron chi connectivity index (χ0n) is 9.65. The van der Waals surface area contributed by atoms with Crippen LogP contribution in [-0.4, -0.2) is 48.8 Å². The fourth-order valence-electron chi connectivity index (χ4n) is 1.24. The number of hydrogen-bond acceptors (Lipinski definition) is 4. The standard InChI is InChI=1S/C10H21NO3/c1-7(10(13)14-5)6-11(4)8(2)9(3)12/h7-9,12H,6H2,1-5H3. The molecule has 0 heterocycles. The van der Waals surface area contributed by atoms with Gasteiger partial charge in [0.2, 0.25) is 0 Å². The minimum Gasteiger partial charge on any atom is -0.469 e. The van der Waals surface area contributed by atoms with Crippen LogP contribution in [0.4, 0.5) is 0 Å². The number of aliphatic hydroxyl groups excluding tert-OH is 1. The summed E-state index contributed by atoms with van der Waals surface area (Å²) in [6, 6.07) is 0.0436. The lowest BCUT2D eigenvalue weighted by atomic mass is 10.1. The smallest absolute Gasteiger partial charge is 0.309 e. The molecule has 3 unspecified atom stereocenters. The Labute approximate surface area is 85.9 Å². The third kappa shape index (κ3) is 4.07. The van der Waals surface area contributed by atoms with E-state index in [0.29, 0.717) is 6.54 Å². The van der Waals surface area contributed by atoms with Gasteiger partial charge in [-0.15, -0.1) is 0 Å². The Bertz CT molecular complexity index is 182. The number of rotatable bonds is 5. The van der Waals surface area contributed by atoms with Gasteiger partial charge >= 0.3 is 5.97 Å². The lowest BCUT2D eigenvalue weighted by Gasteiger charge is -2.28. The largest absolute Gasteiger partial charge is 0.469 e. The molecule has 0 aliphatic heterocycles. The third-order valence-electron chi connectivity index (χ3n) is 2.56. The number of ether oxygens (including phenoxy) is 1. The number of carbonyl (C=O) groups is 1. The molecule has 0 radical (unpaired) electrons. The molecule has 0 amide bonds. The molecule has 0 rings (SSSR count). The Morgan fingerprint density at radius 2 is 1.93 bits per heavy atom. The van der Waals surface area contributed by atoms with Crippen molar-refractivity contribution < 1.29 is 14.6 Å². The lowest BCUT2D eigenvalue weighted by molar-refractivity contribution is -0.145. The van der Waals surface area contributed by atoms with Crippen molar-refractivity contribution in [3.63, 3.8) is 0 Å². The average molecular weight is 203 g/mol. The molecule has 4 nitrogen and oxygen atoms in total. The first-order chi connectivity index (χ1) is 6.40. The van der Waals surface area contributed by atoms with Crippen LogP contribution in [-0.2, 0) is 9.53 Å². The second-order valence-corrected chi connectivity index (χ2v) is 3.84. The van der Waals surface area contributed by atoms with Gasteiger partial charge in [-0.05, 0) is 20.9 Å². The SMILES string of the molecule is COC(=O)C(C)CN(C)C(C)C(C)O. The topological polar surface area (TPSA) is 49.8 Å². The van der Waals surface area contributed by atoms with Crippen LogP contribution in [0.2, 0.25) is 0 Å². The molecule has 0 aromatic heterocycles. The molecule has 0 bridgehead atoms. The molecule has 0 fully saturated rings. The Morgan fingerprint density at radius 1 is 1.43 bits per heavy atom. The second kappa shape index (κ2) is 5.98. The summed E-state index contributed by atoms with van der Waals surface area (Å²) in [6.45, 7) is 6.08. The van der Waals surface area contributed by atoms with Gasteiger partial charge in [0.05, 0.1) is 19.1 Å². The molecule has 0 aromatic rings. The number of esters is 1. The van der Waals surface area contributed by atoms with Crippen molar-refractivity contribution in [3.05, 3.63) is 0 Å². The first-order valence-corrected chi connectivity index (χ1v) is 4.86. The van der Waals surface area contributed by atoms with Crippen molar-refractivity contribution in [1.82, 2.24) is 4.90 Å². The van der Waals surface area contributed by atoms with E-state index in [1.807, 2.05) is 25.8 Å². The van der Waals surface area contributed by atoms with Crippen LogP contribution in [0.15, 0.2) is 0 Å². The summed E-state index contributed by atoms with van der Waals surface area (Å²) in [5.74, 6) is -0.374. The molecule has 0 aliphatic carbocycles. The maximum atomic E-state index is 11.1. The van der Waals surface area contributed by atoms with Crippen LogP contribution in [0.25, 0.3) is 0 Å². The van der Waals surface area contributed by atoms with E-state index in [1.54, 1.807) is 6.92 Å². The fraction of sp³-hybridized carbons (Fsp3) is 0.900. The molecule has 1 N–H and O–H groups in total. The Hall–Kier alpha value is -0.610. The quantitative estimate of drug-likeness (QED) is 0.661. The summed E-state index contributed by atoms with van der Waals surface area (Å²) in [4.78, 5) is 13.1. The number of likely N-dealkylation sites (N-methyl/N-ethyl adjacent to an activating group) is 1. The van der Waals surface area contributed by atoms with E-state index in [-0.39, 0.29) is 17.9 Å². The van der Waals surface area contributed by atoms with Gasteiger partial charge in [0.25, 0.3) is 0 Å². The first-order valence-electron chi connectivity index (χ1n) is 4.86. The number of aliphatic hydroxyl groups is 1. The molecule has 4 heteroatoms. The summed E-state index contributed by atoms with van der Waals surface area (Å²) in [6.07, 6.45) is -0.398. The van der Waals surface area contributed by atoms with Gasteiger partial charge < -0.3 is 14.7 Å². The van der Waals surface area contributed by atoms with Crippen molar-refractivity contribution in [2.45, 2.75) is 32.9 Å². The van der Waals surface area contributed by atoms with E-state index in [4.69, 9.17) is 0 Å². The van der Waals surface area contributed by atoms with Gasteiger partial charge in [0, 0.05) is 12.6 Å². The van der Waals surface area contributed by atoms with E-state index in [9.17, 15) is 9.90 Å². The minimum absolute atomic E-state index is 0.0436. The minimum atomic E-state index is -0.398. The highest BCUT2D eigenvalue weighted by atomic mass is 16.5. The van der Waals surface area contributed by atoms with Gasteiger partial charge in [0.1, 0.15) is 0 Å². The second-order valence-electron chi connectivity index (χ2n) is 3.84. The Morgan fingerprint density at radius 3 is 2.29 bits per heavy atom. The van der Waals surface area contributed by atoms with Crippen molar-refractivity contribution in [1.29, 1.82) is 0 Å². The summed E-state index contributed by atoms with van der Waals surface area (Å²) >= 11 is 0. The molecule has 84 valence electrons. The van der Waals surface area contributed by atoms with Gasteiger partial charge in [-0.3, -0.25) is 4.79 Å². The molecule has 0 spiro atoms. The van der Waals surface area contributed by atoms with Gasteiger partial charge in [-0.1, -0.05) is 6.92 Å². The van der Waals surface area contributed by atoms with Crippen molar-refractivity contribution in [2.24, 2.45) is 5.92 Å². The first kappa shape index (κ1) is 13.4. The zero-order chi connectivity index (χ0) is 11.3. The summed E-state index contributed by atoms with van der Waals surface area (Å²) in [7, 11) is 3.27.